The minimum Gasteiger partial charge on any atom is -0.489 e. The molecular formula is C26H30N2O3. The minimum atomic E-state index is -0.801. The number of hydrogen-bond acceptors (Lipinski definition) is 3. The van der Waals surface area contributed by atoms with Crippen LogP contribution < -0.4 is 4.74 Å². The molecule has 0 unspecified atom stereocenters. The molecule has 1 aliphatic rings. The third-order valence-corrected chi connectivity index (χ3v) is 6.14. The molecule has 162 valence electrons. The monoisotopic (exact) mass is 418 g/mol. The van der Waals surface area contributed by atoms with Gasteiger partial charge in [-0.15, -0.1) is 0 Å². The topological polar surface area (TPSA) is 64.3 Å². The maximum absolute atomic E-state index is 11.1. The van der Waals surface area contributed by atoms with Crippen LogP contribution in [0.25, 0.3) is 10.9 Å². The van der Waals surface area contributed by atoms with Crippen LogP contribution in [0, 0.1) is 6.92 Å². The molecule has 1 aromatic heterocycles. The van der Waals surface area contributed by atoms with Crippen LogP contribution in [0.5, 0.6) is 5.75 Å². The van der Waals surface area contributed by atoms with E-state index in [1.54, 1.807) is 0 Å². The predicted octanol–water partition coefficient (Wildman–Crippen LogP) is 6.17. The molecule has 1 aliphatic carbocycles. The Bertz CT molecular complexity index is 1080. The molecule has 0 radical (unpaired) electrons. The van der Waals surface area contributed by atoms with Gasteiger partial charge in [-0.05, 0) is 61.6 Å². The van der Waals surface area contributed by atoms with Crippen LogP contribution in [-0.4, -0.2) is 20.9 Å². The molecule has 1 N–H and O–H groups in total. The van der Waals surface area contributed by atoms with E-state index < -0.39 is 5.97 Å². The number of ether oxygens (including phenoxy) is 1. The summed E-state index contributed by atoms with van der Waals surface area (Å²) in [5.41, 5.74) is 4.58. The first kappa shape index (κ1) is 21.2. The summed E-state index contributed by atoms with van der Waals surface area (Å²) < 4.78 is 8.24. The molecule has 1 saturated carbocycles. The number of hydrogen-bond donors (Lipinski definition) is 1. The lowest BCUT2D eigenvalue weighted by Crippen LogP contribution is -2.07. The maximum Gasteiger partial charge on any atom is 0.304 e. The number of carboxylic acids is 1. The third kappa shape index (κ3) is 4.82. The maximum atomic E-state index is 11.1. The second-order valence-corrected chi connectivity index (χ2v) is 8.47. The van der Waals surface area contributed by atoms with Crippen LogP contribution in [0.4, 0.5) is 0 Å². The van der Waals surface area contributed by atoms with E-state index in [4.69, 9.17) is 9.84 Å². The number of carboxylic acid groups (broad SMARTS) is 1. The van der Waals surface area contributed by atoms with Gasteiger partial charge in [0.05, 0.1) is 24.2 Å². The average Bonchev–Trinajstić information content (AvgIpc) is 3.42. The molecule has 4 rings (SSSR count). The normalized spacial score (nSPS) is 15.7. The lowest BCUT2D eigenvalue weighted by molar-refractivity contribution is -0.137. The second-order valence-electron chi connectivity index (χ2n) is 8.47. The molecule has 0 aliphatic heterocycles. The lowest BCUT2D eigenvalue weighted by atomic mass is 9.95. The Balaban J connectivity index is 1.46. The molecule has 0 amide bonds. The van der Waals surface area contributed by atoms with Gasteiger partial charge in [0.15, 0.2) is 0 Å². The van der Waals surface area contributed by atoms with Gasteiger partial charge in [0.1, 0.15) is 12.4 Å². The van der Waals surface area contributed by atoms with Crippen molar-refractivity contribution in [2.24, 2.45) is 0 Å². The van der Waals surface area contributed by atoms with Gasteiger partial charge in [0.25, 0.3) is 0 Å². The molecule has 2 aromatic carbocycles. The summed E-state index contributed by atoms with van der Waals surface area (Å²) in [4.78, 5) is 11.1. The number of carbonyl (C=O) groups is 1. The van der Waals surface area contributed by atoms with Gasteiger partial charge in [0, 0.05) is 11.3 Å². The Hall–Kier alpha value is -3.08. The fourth-order valence-electron chi connectivity index (χ4n) is 4.68. The van der Waals surface area contributed by atoms with Crippen molar-refractivity contribution in [2.45, 2.75) is 64.5 Å². The molecule has 5 nitrogen and oxygen atoms in total. The smallest absolute Gasteiger partial charge is 0.304 e. The number of fused-ring (bicyclic) bond motifs is 1. The number of benzene rings is 2. The Morgan fingerprint density at radius 2 is 2.00 bits per heavy atom. The van der Waals surface area contributed by atoms with Gasteiger partial charge in [-0.2, -0.15) is 5.10 Å². The van der Waals surface area contributed by atoms with Crippen molar-refractivity contribution in [3.8, 4) is 5.75 Å². The zero-order valence-electron chi connectivity index (χ0n) is 18.3. The largest absolute Gasteiger partial charge is 0.489 e. The van der Waals surface area contributed by atoms with Crippen LogP contribution in [0.2, 0.25) is 0 Å². The molecule has 0 saturated heterocycles. The van der Waals surface area contributed by atoms with Gasteiger partial charge in [-0.25, -0.2) is 0 Å². The average molecular weight is 419 g/mol. The molecule has 3 aromatic rings. The quantitative estimate of drug-likeness (QED) is 0.444. The van der Waals surface area contributed by atoms with Gasteiger partial charge in [-0.1, -0.05) is 43.2 Å². The van der Waals surface area contributed by atoms with E-state index in [1.165, 1.54) is 42.1 Å². The highest BCUT2D eigenvalue weighted by atomic mass is 16.5. The lowest BCUT2D eigenvalue weighted by Gasteiger charge is -2.14. The van der Waals surface area contributed by atoms with Crippen molar-refractivity contribution >= 4 is 16.9 Å². The van der Waals surface area contributed by atoms with E-state index in [-0.39, 0.29) is 12.3 Å². The minimum absolute atomic E-state index is 0.0817. The van der Waals surface area contributed by atoms with Gasteiger partial charge in [-0.3, -0.25) is 9.48 Å². The highest BCUT2D eigenvalue weighted by Gasteiger charge is 2.20. The number of aryl methyl sites for hydroxylation is 1. The fourth-order valence-corrected chi connectivity index (χ4v) is 4.68. The molecule has 5 heteroatoms. The Kier molecular flexibility index (Phi) is 6.40. The molecule has 1 atom stereocenters. The standard InChI is InChI=1S/C26H30N2O3/c1-3-6-21(15-25(29)30)20-9-11-24(12-10-20)31-17-19-13-18(2)26-22(14-19)16-27-28(26)23-7-4-5-8-23/h3,6,9-14,16,21,23H,4-5,7-8,15,17H2,1-2H3,(H,29,30)/t21-/m1/s1. The summed E-state index contributed by atoms with van der Waals surface area (Å²) >= 11 is 0. The first-order chi connectivity index (χ1) is 15.0. The predicted molar refractivity (Wildman–Crippen MR) is 123 cm³/mol. The van der Waals surface area contributed by atoms with Crippen molar-refractivity contribution in [2.75, 3.05) is 0 Å². The molecule has 1 heterocycles. The number of aliphatic carboxylic acids is 1. The van der Waals surface area contributed by atoms with Crippen molar-refractivity contribution in [1.29, 1.82) is 0 Å². The van der Waals surface area contributed by atoms with Crippen LogP contribution in [0.15, 0.2) is 54.7 Å². The third-order valence-electron chi connectivity index (χ3n) is 6.14. The first-order valence-corrected chi connectivity index (χ1v) is 11.1. The number of rotatable bonds is 8. The van der Waals surface area contributed by atoms with Crippen molar-refractivity contribution in [1.82, 2.24) is 9.78 Å². The van der Waals surface area contributed by atoms with Crippen LogP contribution >= 0.6 is 0 Å². The molecule has 0 spiro atoms. The van der Waals surface area contributed by atoms with E-state index >= 15 is 0 Å². The molecular weight excluding hydrogens is 388 g/mol. The molecule has 0 bridgehead atoms. The van der Waals surface area contributed by atoms with Gasteiger partial charge >= 0.3 is 5.97 Å². The summed E-state index contributed by atoms with van der Waals surface area (Å²) in [6.45, 7) is 4.54. The fraction of sp³-hybridized carbons (Fsp3) is 0.385. The zero-order valence-corrected chi connectivity index (χ0v) is 18.3. The summed E-state index contributed by atoms with van der Waals surface area (Å²) in [6, 6.07) is 12.6. The number of allylic oxidation sites excluding steroid dienone is 2. The van der Waals surface area contributed by atoms with Crippen molar-refractivity contribution in [3.05, 3.63) is 71.4 Å². The summed E-state index contributed by atoms with van der Waals surface area (Å²) in [5, 5.41) is 15.0. The van der Waals surface area contributed by atoms with Gasteiger partial charge < -0.3 is 9.84 Å². The summed E-state index contributed by atoms with van der Waals surface area (Å²) in [5.74, 6) is -0.152. The van der Waals surface area contributed by atoms with E-state index in [0.29, 0.717) is 12.6 Å². The molecule has 31 heavy (non-hydrogen) atoms. The number of nitrogens with zero attached hydrogens (tertiary/aromatic N) is 2. The van der Waals surface area contributed by atoms with E-state index in [0.717, 1.165) is 16.9 Å². The zero-order chi connectivity index (χ0) is 21.8. The Morgan fingerprint density at radius 1 is 1.26 bits per heavy atom. The summed E-state index contributed by atoms with van der Waals surface area (Å²) in [7, 11) is 0. The van der Waals surface area contributed by atoms with Gasteiger partial charge in [0.2, 0.25) is 0 Å². The first-order valence-electron chi connectivity index (χ1n) is 11.1. The Labute approximate surface area is 183 Å². The van der Waals surface area contributed by atoms with Crippen molar-refractivity contribution in [3.63, 3.8) is 0 Å². The number of aromatic nitrogens is 2. The van der Waals surface area contributed by atoms with E-state index in [9.17, 15) is 4.79 Å². The summed E-state index contributed by atoms with van der Waals surface area (Å²) in [6.07, 6.45) is 10.9. The molecule has 1 fully saturated rings. The highest BCUT2D eigenvalue weighted by molar-refractivity contribution is 5.82. The van der Waals surface area contributed by atoms with Crippen LogP contribution in [0.1, 0.15) is 67.7 Å². The Morgan fingerprint density at radius 3 is 2.68 bits per heavy atom. The van der Waals surface area contributed by atoms with Crippen LogP contribution in [-0.2, 0) is 11.4 Å². The van der Waals surface area contributed by atoms with E-state index in [1.807, 2.05) is 49.5 Å². The van der Waals surface area contributed by atoms with Crippen molar-refractivity contribution < 1.29 is 14.6 Å². The van der Waals surface area contributed by atoms with E-state index in [2.05, 4.69) is 28.8 Å². The SMILES string of the molecule is CC=C[C@H](CC(=O)O)c1ccc(OCc2cc(C)c3c(cnn3C3CCCC3)c2)cc1. The van der Waals surface area contributed by atoms with Crippen LogP contribution in [0.3, 0.4) is 0 Å². The highest BCUT2D eigenvalue weighted by Crippen LogP contribution is 2.33. The second kappa shape index (κ2) is 9.38.